The minimum atomic E-state index is -0.491. The van der Waals surface area contributed by atoms with Crippen molar-refractivity contribution >= 4 is 28.8 Å². The van der Waals surface area contributed by atoms with Crippen LogP contribution in [0.2, 0.25) is 0 Å². The van der Waals surface area contributed by atoms with Gasteiger partial charge in [-0.15, -0.1) is 11.3 Å². The number of nitrogens with one attached hydrogen (secondary N) is 1. The van der Waals surface area contributed by atoms with Crippen molar-refractivity contribution in [2.75, 3.05) is 11.9 Å². The van der Waals surface area contributed by atoms with Crippen LogP contribution < -0.4 is 5.32 Å². The lowest BCUT2D eigenvalue weighted by Gasteiger charge is -2.42. The number of thiophene rings is 1. The van der Waals surface area contributed by atoms with Crippen molar-refractivity contribution in [3.63, 3.8) is 0 Å². The molecule has 0 bridgehead atoms. The topological polar surface area (TPSA) is 62.3 Å². The number of pyridine rings is 1. The van der Waals surface area contributed by atoms with Gasteiger partial charge >= 0.3 is 0 Å². The predicted molar refractivity (Wildman–Crippen MR) is 115 cm³/mol. The highest BCUT2D eigenvalue weighted by Crippen LogP contribution is 2.44. The van der Waals surface area contributed by atoms with E-state index in [1.165, 1.54) is 0 Å². The van der Waals surface area contributed by atoms with Crippen molar-refractivity contribution in [2.45, 2.75) is 25.8 Å². The van der Waals surface area contributed by atoms with Gasteiger partial charge in [0.2, 0.25) is 5.91 Å². The minimum absolute atomic E-state index is 0.0133. The van der Waals surface area contributed by atoms with Crippen LogP contribution in [0.4, 0.5) is 5.69 Å². The number of carbonyl (C=O) groups excluding carboxylic acids is 2. The SMILES string of the molecule is CC(C)CN1C(=O)c2ccccc2[C@H](C(=O)Nc2ccncc2)[C@H]1c1cccs1. The Morgan fingerprint density at radius 2 is 1.90 bits per heavy atom. The summed E-state index contributed by atoms with van der Waals surface area (Å²) in [5, 5.41) is 5.01. The van der Waals surface area contributed by atoms with Crippen LogP contribution in [-0.4, -0.2) is 28.2 Å². The van der Waals surface area contributed by atoms with E-state index in [1.54, 1.807) is 35.9 Å². The van der Waals surface area contributed by atoms with Crippen molar-refractivity contribution in [1.82, 2.24) is 9.88 Å². The van der Waals surface area contributed by atoms with E-state index < -0.39 is 5.92 Å². The summed E-state index contributed by atoms with van der Waals surface area (Å²) in [6.07, 6.45) is 3.30. The number of aromatic nitrogens is 1. The molecule has 4 rings (SSSR count). The predicted octanol–water partition coefficient (Wildman–Crippen LogP) is 4.72. The van der Waals surface area contributed by atoms with Gasteiger partial charge < -0.3 is 10.2 Å². The van der Waals surface area contributed by atoms with E-state index in [9.17, 15) is 9.59 Å². The normalized spacial score (nSPS) is 18.6. The van der Waals surface area contributed by atoms with Gasteiger partial charge in [0.25, 0.3) is 5.91 Å². The summed E-state index contributed by atoms with van der Waals surface area (Å²) < 4.78 is 0. The minimum Gasteiger partial charge on any atom is -0.329 e. The van der Waals surface area contributed by atoms with Gasteiger partial charge in [-0.1, -0.05) is 38.1 Å². The van der Waals surface area contributed by atoms with Crippen LogP contribution in [-0.2, 0) is 4.79 Å². The van der Waals surface area contributed by atoms with Gasteiger partial charge in [0.15, 0.2) is 0 Å². The number of anilines is 1. The first kappa shape index (κ1) is 19.3. The largest absolute Gasteiger partial charge is 0.329 e. The molecule has 1 aliphatic rings. The van der Waals surface area contributed by atoms with Crippen molar-refractivity contribution in [3.8, 4) is 0 Å². The van der Waals surface area contributed by atoms with Crippen LogP contribution in [0.1, 0.15) is 46.6 Å². The first-order valence-electron chi connectivity index (χ1n) is 9.70. The second-order valence-corrected chi connectivity index (χ2v) is 8.58. The zero-order valence-electron chi connectivity index (χ0n) is 16.4. The maximum Gasteiger partial charge on any atom is 0.254 e. The van der Waals surface area contributed by atoms with Crippen molar-refractivity contribution in [3.05, 3.63) is 82.3 Å². The summed E-state index contributed by atoms with van der Waals surface area (Å²) in [6.45, 7) is 4.77. The molecule has 0 spiro atoms. The number of amides is 2. The van der Waals surface area contributed by atoms with Crippen LogP contribution in [0.3, 0.4) is 0 Å². The molecule has 3 heterocycles. The lowest BCUT2D eigenvalue weighted by atomic mass is 9.81. The molecule has 0 saturated carbocycles. The third-order valence-corrected chi connectivity index (χ3v) is 6.01. The molecule has 2 atom stereocenters. The molecule has 0 unspecified atom stereocenters. The van der Waals surface area contributed by atoms with Gasteiger partial charge in [0, 0.05) is 35.1 Å². The van der Waals surface area contributed by atoms with E-state index in [1.807, 2.05) is 46.7 Å². The average molecular weight is 406 g/mol. The summed E-state index contributed by atoms with van der Waals surface area (Å²) in [7, 11) is 0. The van der Waals surface area contributed by atoms with E-state index in [2.05, 4.69) is 24.1 Å². The number of hydrogen-bond donors (Lipinski definition) is 1. The number of rotatable bonds is 5. The Labute approximate surface area is 174 Å². The maximum atomic E-state index is 13.5. The zero-order valence-corrected chi connectivity index (χ0v) is 17.2. The third kappa shape index (κ3) is 3.80. The standard InChI is InChI=1S/C23H23N3O2S/c1-15(2)14-26-21(19-8-5-13-29-19)20(17-6-3-4-7-18(17)23(26)28)22(27)25-16-9-11-24-12-10-16/h3-13,15,20-21H,14H2,1-2H3,(H,24,25,27)/t20-,21+/m0/s1. The Morgan fingerprint density at radius 3 is 2.59 bits per heavy atom. The van der Waals surface area contributed by atoms with Crippen LogP contribution in [0.25, 0.3) is 0 Å². The lowest BCUT2D eigenvalue weighted by Crippen LogP contribution is -2.47. The Bertz CT molecular complexity index is 1000. The Kier molecular flexibility index (Phi) is 5.45. The summed E-state index contributed by atoms with van der Waals surface area (Å²) >= 11 is 1.58. The molecule has 0 radical (unpaired) electrons. The lowest BCUT2D eigenvalue weighted by molar-refractivity contribution is -0.119. The first-order valence-corrected chi connectivity index (χ1v) is 10.6. The Morgan fingerprint density at radius 1 is 1.14 bits per heavy atom. The summed E-state index contributed by atoms with van der Waals surface area (Å²) in [5.41, 5.74) is 2.08. The third-order valence-electron chi connectivity index (χ3n) is 5.07. The Balaban J connectivity index is 1.82. The summed E-state index contributed by atoms with van der Waals surface area (Å²) in [6, 6.07) is 14.7. The first-order chi connectivity index (χ1) is 14.1. The fourth-order valence-electron chi connectivity index (χ4n) is 3.90. The van der Waals surface area contributed by atoms with E-state index >= 15 is 0 Å². The summed E-state index contributed by atoms with van der Waals surface area (Å²) in [5.74, 6) is -0.339. The van der Waals surface area contributed by atoms with Crippen LogP contribution >= 0.6 is 11.3 Å². The molecule has 1 aromatic carbocycles. The molecule has 2 amide bonds. The zero-order chi connectivity index (χ0) is 20.4. The molecule has 29 heavy (non-hydrogen) atoms. The number of fused-ring (bicyclic) bond motifs is 1. The molecule has 2 aromatic heterocycles. The van der Waals surface area contributed by atoms with Crippen molar-refractivity contribution < 1.29 is 9.59 Å². The van der Waals surface area contributed by atoms with Crippen LogP contribution in [0, 0.1) is 5.92 Å². The fourth-order valence-corrected chi connectivity index (χ4v) is 4.78. The second-order valence-electron chi connectivity index (χ2n) is 7.60. The van der Waals surface area contributed by atoms with Gasteiger partial charge in [-0.2, -0.15) is 0 Å². The van der Waals surface area contributed by atoms with Crippen molar-refractivity contribution in [2.24, 2.45) is 5.92 Å². The maximum absolute atomic E-state index is 13.5. The average Bonchev–Trinajstić information content (AvgIpc) is 3.24. The van der Waals surface area contributed by atoms with Gasteiger partial charge in [-0.05, 0) is 41.1 Å². The van der Waals surface area contributed by atoms with Gasteiger partial charge in [0.1, 0.15) is 0 Å². The van der Waals surface area contributed by atoms with E-state index in [0.717, 1.165) is 10.4 Å². The van der Waals surface area contributed by atoms with Crippen LogP contribution in [0.5, 0.6) is 0 Å². The van der Waals surface area contributed by atoms with Crippen LogP contribution in [0.15, 0.2) is 66.3 Å². The molecule has 1 aliphatic heterocycles. The number of carbonyl (C=O) groups is 2. The molecule has 148 valence electrons. The second kappa shape index (κ2) is 8.17. The molecule has 5 nitrogen and oxygen atoms in total. The monoisotopic (exact) mass is 405 g/mol. The molecule has 0 saturated heterocycles. The summed E-state index contributed by atoms with van der Waals surface area (Å²) in [4.78, 5) is 33.8. The van der Waals surface area contributed by atoms with E-state index in [4.69, 9.17) is 0 Å². The fraction of sp³-hybridized carbons (Fsp3) is 0.261. The number of benzene rings is 1. The molecule has 6 heteroatoms. The Hall–Kier alpha value is -2.99. The molecule has 0 fully saturated rings. The highest BCUT2D eigenvalue weighted by molar-refractivity contribution is 7.10. The highest BCUT2D eigenvalue weighted by atomic mass is 32.1. The van der Waals surface area contributed by atoms with E-state index in [-0.39, 0.29) is 23.8 Å². The quantitative estimate of drug-likeness (QED) is 0.668. The molecule has 1 N–H and O–H groups in total. The molecule has 0 aliphatic carbocycles. The highest BCUT2D eigenvalue weighted by Gasteiger charge is 2.44. The molecular formula is C23H23N3O2S. The van der Waals surface area contributed by atoms with Gasteiger partial charge in [-0.25, -0.2) is 0 Å². The van der Waals surface area contributed by atoms with E-state index in [0.29, 0.717) is 17.8 Å². The molecule has 3 aromatic rings. The smallest absolute Gasteiger partial charge is 0.254 e. The van der Waals surface area contributed by atoms with Gasteiger partial charge in [-0.3, -0.25) is 14.6 Å². The van der Waals surface area contributed by atoms with Crippen molar-refractivity contribution in [1.29, 1.82) is 0 Å². The number of hydrogen-bond acceptors (Lipinski definition) is 4. The van der Waals surface area contributed by atoms with Gasteiger partial charge in [0.05, 0.1) is 12.0 Å². The molecular weight excluding hydrogens is 382 g/mol. The number of nitrogens with zero attached hydrogens (tertiary/aromatic N) is 2.